The summed E-state index contributed by atoms with van der Waals surface area (Å²) in [7, 11) is 0. The molecule has 0 aromatic heterocycles. The lowest BCUT2D eigenvalue weighted by atomic mass is 9.88. The van der Waals surface area contributed by atoms with Crippen LogP contribution < -0.4 is 0 Å². The Bertz CT molecular complexity index is 532. The second-order valence-corrected chi connectivity index (χ2v) is 4.29. The highest BCUT2D eigenvalue weighted by Crippen LogP contribution is 2.25. The van der Waals surface area contributed by atoms with Crippen molar-refractivity contribution in [2.24, 2.45) is 0 Å². The molecule has 1 N–H and O–H groups in total. The highest BCUT2D eigenvalue weighted by molar-refractivity contribution is 6.01. The van der Waals surface area contributed by atoms with Crippen molar-refractivity contribution in [1.29, 1.82) is 0 Å². The molecule has 0 amide bonds. The Kier molecular flexibility index (Phi) is 3.78. The number of phenolic OH excluding ortho intramolecular Hbond substituents is 1. The molecule has 1 atom stereocenters. The summed E-state index contributed by atoms with van der Waals surface area (Å²) < 4.78 is 0. The number of rotatable bonds is 4. The summed E-state index contributed by atoms with van der Waals surface area (Å²) in [5.41, 5.74) is 1.58. The number of Topliss-reactive ketones (excluding diaryl/α,β-unsaturated/α-hetero) is 1. The van der Waals surface area contributed by atoms with E-state index in [-0.39, 0.29) is 17.5 Å². The van der Waals surface area contributed by atoms with Crippen molar-refractivity contribution in [3.05, 3.63) is 65.7 Å². The summed E-state index contributed by atoms with van der Waals surface area (Å²) in [6, 6.07) is 16.3. The highest BCUT2D eigenvalue weighted by atomic mass is 16.3. The number of aromatic hydroxyl groups is 1. The van der Waals surface area contributed by atoms with Crippen molar-refractivity contribution < 1.29 is 9.90 Å². The van der Waals surface area contributed by atoms with Crippen molar-refractivity contribution >= 4 is 5.78 Å². The molecule has 92 valence electrons. The van der Waals surface area contributed by atoms with Crippen LogP contribution in [-0.4, -0.2) is 10.9 Å². The van der Waals surface area contributed by atoms with Crippen molar-refractivity contribution in [1.82, 2.24) is 0 Å². The first-order chi connectivity index (χ1) is 8.72. The van der Waals surface area contributed by atoms with E-state index in [1.54, 1.807) is 18.2 Å². The van der Waals surface area contributed by atoms with E-state index in [2.05, 4.69) is 0 Å². The molecule has 0 saturated heterocycles. The van der Waals surface area contributed by atoms with E-state index in [0.717, 1.165) is 12.0 Å². The molecule has 0 fully saturated rings. The Balaban J connectivity index is 2.32. The number of carbonyl (C=O) groups excluding carboxylic acids is 1. The summed E-state index contributed by atoms with van der Waals surface area (Å²) >= 11 is 0. The second-order valence-electron chi connectivity index (χ2n) is 4.29. The predicted octanol–water partition coefficient (Wildman–Crippen LogP) is 3.77. The molecule has 0 aliphatic rings. The van der Waals surface area contributed by atoms with E-state index in [4.69, 9.17) is 0 Å². The zero-order valence-corrected chi connectivity index (χ0v) is 10.3. The van der Waals surface area contributed by atoms with Gasteiger partial charge in [-0.1, -0.05) is 49.4 Å². The third-order valence-electron chi connectivity index (χ3n) is 3.06. The van der Waals surface area contributed by atoms with Crippen LogP contribution in [0.3, 0.4) is 0 Å². The van der Waals surface area contributed by atoms with Gasteiger partial charge in [0.15, 0.2) is 5.78 Å². The van der Waals surface area contributed by atoms with Crippen molar-refractivity contribution in [3.63, 3.8) is 0 Å². The minimum Gasteiger partial charge on any atom is -0.508 e. The van der Waals surface area contributed by atoms with E-state index in [0.29, 0.717) is 5.56 Å². The number of hydrogen-bond acceptors (Lipinski definition) is 2. The fraction of sp³-hybridized carbons (Fsp3) is 0.188. The predicted molar refractivity (Wildman–Crippen MR) is 71.9 cm³/mol. The summed E-state index contributed by atoms with van der Waals surface area (Å²) in [6.45, 7) is 2.00. The molecule has 2 aromatic carbocycles. The molecule has 2 nitrogen and oxygen atoms in total. The third kappa shape index (κ3) is 2.59. The van der Waals surface area contributed by atoms with Gasteiger partial charge in [-0.05, 0) is 24.1 Å². The Hall–Kier alpha value is -2.09. The van der Waals surface area contributed by atoms with Crippen LogP contribution in [0, 0.1) is 0 Å². The Morgan fingerprint density at radius 3 is 2.44 bits per heavy atom. The Labute approximate surface area is 107 Å². The van der Waals surface area contributed by atoms with Crippen LogP contribution in [0.25, 0.3) is 0 Å². The average molecular weight is 240 g/mol. The number of phenols is 1. The molecule has 0 spiro atoms. The quantitative estimate of drug-likeness (QED) is 0.826. The Morgan fingerprint density at radius 1 is 1.11 bits per heavy atom. The Morgan fingerprint density at radius 2 is 1.83 bits per heavy atom. The van der Waals surface area contributed by atoms with Crippen LogP contribution in [0.5, 0.6) is 5.75 Å². The molecule has 0 aliphatic carbocycles. The maximum absolute atomic E-state index is 12.4. The third-order valence-corrected chi connectivity index (χ3v) is 3.06. The topological polar surface area (TPSA) is 37.3 Å². The largest absolute Gasteiger partial charge is 0.508 e. The smallest absolute Gasteiger partial charge is 0.170 e. The molecule has 0 radical (unpaired) electrons. The van der Waals surface area contributed by atoms with Gasteiger partial charge in [-0.15, -0.1) is 0 Å². The van der Waals surface area contributed by atoms with Gasteiger partial charge in [-0.3, -0.25) is 4.79 Å². The molecule has 0 heterocycles. The van der Waals surface area contributed by atoms with Gasteiger partial charge >= 0.3 is 0 Å². The van der Waals surface area contributed by atoms with Gasteiger partial charge in [0.1, 0.15) is 5.75 Å². The van der Waals surface area contributed by atoms with E-state index < -0.39 is 0 Å². The zero-order valence-electron chi connectivity index (χ0n) is 10.3. The monoisotopic (exact) mass is 240 g/mol. The van der Waals surface area contributed by atoms with Crippen LogP contribution in [0.15, 0.2) is 54.6 Å². The lowest BCUT2D eigenvalue weighted by Gasteiger charge is -2.14. The molecular formula is C16H16O2. The van der Waals surface area contributed by atoms with Gasteiger partial charge < -0.3 is 5.11 Å². The van der Waals surface area contributed by atoms with Gasteiger partial charge in [0, 0.05) is 11.5 Å². The molecule has 0 unspecified atom stereocenters. The van der Waals surface area contributed by atoms with Crippen LogP contribution in [0.4, 0.5) is 0 Å². The van der Waals surface area contributed by atoms with Crippen molar-refractivity contribution in [2.45, 2.75) is 19.3 Å². The number of benzene rings is 2. The standard InChI is InChI=1S/C16H16O2/c1-2-15(12-7-4-3-5-8-12)16(18)13-9-6-10-14(17)11-13/h3-11,15,17H,2H2,1H3/t15-/m1/s1. The lowest BCUT2D eigenvalue weighted by molar-refractivity contribution is 0.0957. The van der Waals surface area contributed by atoms with Crippen LogP contribution >= 0.6 is 0 Å². The first kappa shape index (κ1) is 12.4. The lowest BCUT2D eigenvalue weighted by Crippen LogP contribution is -2.12. The average Bonchev–Trinajstić information content (AvgIpc) is 2.41. The molecule has 0 saturated carbocycles. The summed E-state index contributed by atoms with van der Waals surface area (Å²) in [4.78, 5) is 12.4. The maximum Gasteiger partial charge on any atom is 0.170 e. The van der Waals surface area contributed by atoms with Crippen LogP contribution in [-0.2, 0) is 0 Å². The molecule has 0 bridgehead atoms. The summed E-state index contributed by atoms with van der Waals surface area (Å²) in [5.74, 6) is 0.0383. The normalized spacial score (nSPS) is 12.1. The molecule has 2 aromatic rings. The molecule has 18 heavy (non-hydrogen) atoms. The van der Waals surface area contributed by atoms with E-state index in [1.807, 2.05) is 37.3 Å². The van der Waals surface area contributed by atoms with Gasteiger partial charge in [0.25, 0.3) is 0 Å². The molecule has 2 rings (SSSR count). The minimum absolute atomic E-state index is 0.0552. The van der Waals surface area contributed by atoms with Gasteiger partial charge in [0.05, 0.1) is 0 Å². The highest BCUT2D eigenvalue weighted by Gasteiger charge is 2.20. The van der Waals surface area contributed by atoms with Gasteiger partial charge in [-0.25, -0.2) is 0 Å². The molecule has 2 heteroatoms. The number of carbonyl (C=O) groups is 1. The minimum atomic E-state index is -0.145. The summed E-state index contributed by atoms with van der Waals surface area (Å²) in [6.07, 6.45) is 0.749. The fourth-order valence-electron chi connectivity index (χ4n) is 2.12. The zero-order chi connectivity index (χ0) is 13.0. The van der Waals surface area contributed by atoms with Crippen molar-refractivity contribution in [2.75, 3.05) is 0 Å². The second kappa shape index (κ2) is 5.50. The van der Waals surface area contributed by atoms with E-state index in [1.165, 1.54) is 6.07 Å². The van der Waals surface area contributed by atoms with Crippen molar-refractivity contribution in [3.8, 4) is 5.75 Å². The SMILES string of the molecule is CC[C@@H](C(=O)c1cccc(O)c1)c1ccccc1. The summed E-state index contributed by atoms with van der Waals surface area (Å²) in [5, 5.41) is 9.43. The first-order valence-electron chi connectivity index (χ1n) is 6.10. The fourth-order valence-corrected chi connectivity index (χ4v) is 2.12. The van der Waals surface area contributed by atoms with Crippen LogP contribution in [0.1, 0.15) is 35.2 Å². The van der Waals surface area contributed by atoms with E-state index >= 15 is 0 Å². The number of hydrogen-bond donors (Lipinski definition) is 1. The maximum atomic E-state index is 12.4. The first-order valence-corrected chi connectivity index (χ1v) is 6.10. The van der Waals surface area contributed by atoms with Crippen LogP contribution in [0.2, 0.25) is 0 Å². The van der Waals surface area contributed by atoms with Gasteiger partial charge in [-0.2, -0.15) is 0 Å². The van der Waals surface area contributed by atoms with E-state index in [9.17, 15) is 9.90 Å². The van der Waals surface area contributed by atoms with Gasteiger partial charge in [0.2, 0.25) is 0 Å². The molecular weight excluding hydrogens is 224 g/mol. The number of ketones is 1. The molecule has 0 aliphatic heterocycles.